The zero-order chi connectivity index (χ0) is 19.7. The van der Waals surface area contributed by atoms with Crippen molar-refractivity contribution in [1.82, 2.24) is 14.9 Å². The third-order valence-corrected chi connectivity index (χ3v) is 6.57. The highest BCUT2D eigenvalue weighted by atomic mass is 32.2. The number of nitrogens with zero attached hydrogens (tertiary/aromatic N) is 4. The Balaban J connectivity index is 1.37. The third-order valence-electron chi connectivity index (χ3n) is 5.40. The van der Waals surface area contributed by atoms with E-state index in [9.17, 15) is 9.18 Å². The molecule has 2 atom stereocenters. The molecule has 1 fully saturated rings. The van der Waals surface area contributed by atoms with E-state index in [1.807, 2.05) is 16.7 Å². The van der Waals surface area contributed by atoms with Gasteiger partial charge in [-0.1, -0.05) is 12.1 Å². The molecule has 4 rings (SSSR count). The van der Waals surface area contributed by atoms with Crippen molar-refractivity contribution in [3.05, 3.63) is 53.2 Å². The van der Waals surface area contributed by atoms with Crippen molar-refractivity contribution < 1.29 is 9.18 Å². The molecule has 1 amide bonds. The monoisotopic (exact) mass is 401 g/mol. The van der Waals surface area contributed by atoms with Gasteiger partial charge in [0.05, 0.1) is 11.7 Å². The molecule has 2 aliphatic heterocycles. The summed E-state index contributed by atoms with van der Waals surface area (Å²) in [5, 5.41) is 0.398. The standard InChI is InChI=1S/C20H24FN5OS/c1-13-18-17(11-28-13)23-12-24-19(18)25-6-8-26(9-7-25)20(27)16(22)10-14-2-4-15(21)5-3-14/h2-5,12-13,16H,6-11,22H2,1H3. The average molecular weight is 402 g/mol. The van der Waals surface area contributed by atoms with Crippen molar-refractivity contribution >= 4 is 23.5 Å². The zero-order valence-electron chi connectivity index (χ0n) is 15.8. The number of hydrogen-bond acceptors (Lipinski definition) is 6. The molecule has 0 saturated carbocycles. The minimum Gasteiger partial charge on any atom is -0.353 e. The number of anilines is 1. The van der Waals surface area contributed by atoms with Crippen LogP contribution in [0.4, 0.5) is 10.2 Å². The van der Waals surface area contributed by atoms with Gasteiger partial charge in [-0.3, -0.25) is 4.79 Å². The SMILES string of the molecule is CC1SCc2ncnc(N3CCN(C(=O)C(N)Cc4ccc(F)cc4)CC3)c21. The van der Waals surface area contributed by atoms with Crippen molar-refractivity contribution in [3.8, 4) is 0 Å². The fourth-order valence-electron chi connectivity index (χ4n) is 3.83. The second kappa shape index (κ2) is 8.05. The molecule has 2 unspecified atom stereocenters. The number of piperazine rings is 1. The summed E-state index contributed by atoms with van der Waals surface area (Å²) >= 11 is 1.88. The number of amides is 1. The van der Waals surface area contributed by atoms with Crippen molar-refractivity contribution in [1.29, 1.82) is 0 Å². The lowest BCUT2D eigenvalue weighted by Gasteiger charge is -2.37. The number of carbonyl (C=O) groups is 1. The van der Waals surface area contributed by atoms with Gasteiger partial charge in [0.2, 0.25) is 5.91 Å². The Kier molecular flexibility index (Phi) is 5.50. The molecule has 3 heterocycles. The smallest absolute Gasteiger partial charge is 0.239 e. The van der Waals surface area contributed by atoms with Crippen LogP contribution in [0.15, 0.2) is 30.6 Å². The highest BCUT2D eigenvalue weighted by Crippen LogP contribution is 2.44. The van der Waals surface area contributed by atoms with E-state index in [1.165, 1.54) is 17.7 Å². The Morgan fingerprint density at radius 2 is 1.96 bits per heavy atom. The maximum Gasteiger partial charge on any atom is 0.239 e. The molecule has 148 valence electrons. The molecule has 1 saturated heterocycles. The number of nitrogens with two attached hydrogens (primary N) is 1. The number of thioether (sulfide) groups is 1. The van der Waals surface area contributed by atoms with Crippen molar-refractivity contribution in [3.63, 3.8) is 0 Å². The predicted molar refractivity (Wildman–Crippen MR) is 109 cm³/mol. The summed E-state index contributed by atoms with van der Waals surface area (Å²) in [6.07, 6.45) is 2.05. The van der Waals surface area contributed by atoms with E-state index >= 15 is 0 Å². The Hall–Kier alpha value is -2.19. The van der Waals surface area contributed by atoms with Gasteiger partial charge in [0.1, 0.15) is 18.0 Å². The molecule has 8 heteroatoms. The van der Waals surface area contributed by atoms with Gasteiger partial charge in [0, 0.05) is 42.7 Å². The van der Waals surface area contributed by atoms with Crippen LogP contribution in [0.1, 0.15) is 29.0 Å². The second-order valence-corrected chi connectivity index (χ2v) is 8.59. The molecule has 2 aliphatic rings. The normalized spacial score (nSPS) is 20.2. The largest absolute Gasteiger partial charge is 0.353 e. The van der Waals surface area contributed by atoms with Crippen LogP contribution in [-0.4, -0.2) is 53.0 Å². The molecule has 2 aromatic rings. The summed E-state index contributed by atoms with van der Waals surface area (Å²) < 4.78 is 13.0. The summed E-state index contributed by atoms with van der Waals surface area (Å²) in [7, 11) is 0. The third kappa shape index (κ3) is 3.84. The highest BCUT2D eigenvalue weighted by Gasteiger charge is 2.30. The Morgan fingerprint density at radius 3 is 2.68 bits per heavy atom. The number of aromatic nitrogens is 2. The van der Waals surface area contributed by atoms with Gasteiger partial charge in [-0.25, -0.2) is 14.4 Å². The summed E-state index contributed by atoms with van der Waals surface area (Å²) in [6, 6.07) is 5.52. The van der Waals surface area contributed by atoms with E-state index in [-0.39, 0.29) is 11.7 Å². The van der Waals surface area contributed by atoms with Gasteiger partial charge < -0.3 is 15.5 Å². The lowest BCUT2D eigenvalue weighted by molar-refractivity contribution is -0.132. The van der Waals surface area contributed by atoms with Crippen LogP contribution in [0.2, 0.25) is 0 Å². The molecule has 0 spiro atoms. The van der Waals surface area contributed by atoms with Gasteiger partial charge in [-0.05, 0) is 31.0 Å². The van der Waals surface area contributed by atoms with Gasteiger partial charge in [-0.15, -0.1) is 11.8 Å². The maximum atomic E-state index is 13.0. The van der Waals surface area contributed by atoms with Crippen molar-refractivity contribution in [2.75, 3.05) is 31.1 Å². The van der Waals surface area contributed by atoms with E-state index in [0.29, 0.717) is 24.8 Å². The molecule has 2 N–H and O–H groups in total. The lowest BCUT2D eigenvalue weighted by atomic mass is 10.0. The molecular weight excluding hydrogens is 377 g/mol. The van der Waals surface area contributed by atoms with E-state index in [0.717, 1.165) is 35.9 Å². The number of benzene rings is 1. The lowest BCUT2D eigenvalue weighted by Crippen LogP contribution is -2.54. The molecule has 1 aromatic carbocycles. The summed E-state index contributed by atoms with van der Waals surface area (Å²) in [4.78, 5) is 25.8. The minimum atomic E-state index is -0.614. The molecule has 0 aliphatic carbocycles. The van der Waals surface area contributed by atoms with Gasteiger partial charge in [0.25, 0.3) is 0 Å². The topological polar surface area (TPSA) is 75.4 Å². The van der Waals surface area contributed by atoms with Crippen LogP contribution in [0, 0.1) is 5.82 Å². The molecule has 0 radical (unpaired) electrons. The number of rotatable bonds is 4. The fraction of sp³-hybridized carbons (Fsp3) is 0.450. The number of halogens is 1. The summed E-state index contributed by atoms with van der Waals surface area (Å²) in [5.74, 6) is 1.60. The van der Waals surface area contributed by atoms with E-state index in [1.54, 1.807) is 18.5 Å². The quantitative estimate of drug-likeness (QED) is 0.846. The fourth-order valence-corrected chi connectivity index (χ4v) is 4.87. The van der Waals surface area contributed by atoms with Crippen LogP contribution in [0.3, 0.4) is 0 Å². The van der Waals surface area contributed by atoms with Crippen LogP contribution < -0.4 is 10.6 Å². The first-order chi connectivity index (χ1) is 13.5. The summed E-state index contributed by atoms with van der Waals surface area (Å²) in [6.45, 7) is 4.90. The van der Waals surface area contributed by atoms with E-state index in [4.69, 9.17) is 5.73 Å². The number of hydrogen-bond donors (Lipinski definition) is 1. The van der Waals surface area contributed by atoms with Gasteiger partial charge in [-0.2, -0.15) is 0 Å². The molecular formula is C20H24FN5OS. The first-order valence-electron chi connectivity index (χ1n) is 9.52. The van der Waals surface area contributed by atoms with Gasteiger partial charge in [0.15, 0.2) is 0 Å². The van der Waals surface area contributed by atoms with Gasteiger partial charge >= 0.3 is 0 Å². The van der Waals surface area contributed by atoms with E-state index in [2.05, 4.69) is 21.8 Å². The zero-order valence-corrected chi connectivity index (χ0v) is 16.7. The Bertz CT molecular complexity index is 854. The van der Waals surface area contributed by atoms with Crippen LogP contribution >= 0.6 is 11.8 Å². The molecule has 0 bridgehead atoms. The Labute approximate surface area is 168 Å². The van der Waals surface area contributed by atoms with Crippen molar-refractivity contribution in [2.24, 2.45) is 5.73 Å². The van der Waals surface area contributed by atoms with Crippen LogP contribution in [0.25, 0.3) is 0 Å². The molecule has 28 heavy (non-hydrogen) atoms. The Morgan fingerprint density at radius 1 is 1.25 bits per heavy atom. The summed E-state index contributed by atoms with van der Waals surface area (Å²) in [5.41, 5.74) is 9.36. The molecule has 6 nitrogen and oxygen atoms in total. The number of fused-ring (bicyclic) bond motifs is 1. The average Bonchev–Trinajstić information content (AvgIpc) is 3.10. The van der Waals surface area contributed by atoms with Crippen LogP contribution in [-0.2, 0) is 17.0 Å². The highest BCUT2D eigenvalue weighted by molar-refractivity contribution is 7.99. The van der Waals surface area contributed by atoms with Crippen LogP contribution in [0.5, 0.6) is 0 Å². The molecule has 1 aromatic heterocycles. The number of carbonyl (C=O) groups excluding carboxylic acids is 1. The maximum absolute atomic E-state index is 13.0. The van der Waals surface area contributed by atoms with E-state index < -0.39 is 6.04 Å². The minimum absolute atomic E-state index is 0.0548. The first kappa shape index (κ1) is 19.1. The first-order valence-corrected chi connectivity index (χ1v) is 10.6. The second-order valence-electron chi connectivity index (χ2n) is 7.26. The van der Waals surface area contributed by atoms with Crippen molar-refractivity contribution in [2.45, 2.75) is 30.4 Å². The predicted octanol–water partition coefficient (Wildman–Crippen LogP) is 2.14.